The lowest BCUT2D eigenvalue weighted by Gasteiger charge is -2.27. The van der Waals surface area contributed by atoms with Gasteiger partial charge in [0.25, 0.3) is 0 Å². The Balaban J connectivity index is 2.11. The van der Waals surface area contributed by atoms with Gasteiger partial charge < -0.3 is 10.6 Å². The summed E-state index contributed by atoms with van der Waals surface area (Å²) >= 11 is 3.62. The van der Waals surface area contributed by atoms with Crippen LogP contribution >= 0.6 is 15.9 Å². The molecule has 0 spiro atoms. The van der Waals surface area contributed by atoms with E-state index in [9.17, 15) is 0 Å². The first kappa shape index (κ1) is 14.8. The van der Waals surface area contributed by atoms with Crippen LogP contribution < -0.4 is 10.6 Å². The van der Waals surface area contributed by atoms with E-state index in [4.69, 9.17) is 0 Å². The minimum absolute atomic E-state index is 0.00908. The molecule has 4 nitrogen and oxygen atoms in total. The van der Waals surface area contributed by atoms with Gasteiger partial charge >= 0.3 is 0 Å². The standard InChI is InChI=1S/C15H19BrN4/c1-15(2,11-6-4-5-7-12(11)16)9-18-14-8-13(17-3)19-10-20-14/h4-8,10H,9H2,1-3H3,(H2,17,18,19,20). The van der Waals surface area contributed by atoms with E-state index in [0.717, 1.165) is 22.7 Å². The molecule has 2 N–H and O–H groups in total. The average molecular weight is 335 g/mol. The number of anilines is 2. The lowest BCUT2D eigenvalue weighted by Crippen LogP contribution is -2.28. The van der Waals surface area contributed by atoms with Crippen molar-refractivity contribution in [3.63, 3.8) is 0 Å². The maximum absolute atomic E-state index is 4.23. The molecule has 0 radical (unpaired) electrons. The fourth-order valence-electron chi connectivity index (χ4n) is 2.01. The minimum atomic E-state index is -0.00908. The Morgan fingerprint density at radius 2 is 1.85 bits per heavy atom. The second-order valence-corrected chi connectivity index (χ2v) is 6.11. The molecule has 0 fully saturated rings. The third kappa shape index (κ3) is 3.48. The van der Waals surface area contributed by atoms with Crippen molar-refractivity contribution in [1.82, 2.24) is 9.97 Å². The van der Waals surface area contributed by atoms with Crippen molar-refractivity contribution in [2.45, 2.75) is 19.3 Å². The highest BCUT2D eigenvalue weighted by Crippen LogP contribution is 2.30. The summed E-state index contributed by atoms with van der Waals surface area (Å²) in [5.74, 6) is 1.63. The van der Waals surface area contributed by atoms with Crippen LogP contribution in [0.1, 0.15) is 19.4 Å². The number of hydrogen-bond donors (Lipinski definition) is 2. The lowest BCUT2D eigenvalue weighted by molar-refractivity contribution is 0.553. The molecule has 0 aliphatic rings. The fourth-order valence-corrected chi connectivity index (χ4v) is 2.83. The summed E-state index contributed by atoms with van der Waals surface area (Å²) in [6, 6.07) is 10.2. The van der Waals surface area contributed by atoms with Crippen LogP contribution in [0, 0.1) is 0 Å². The molecule has 1 heterocycles. The Hall–Kier alpha value is -1.62. The van der Waals surface area contributed by atoms with Gasteiger partial charge in [0, 0.05) is 29.5 Å². The summed E-state index contributed by atoms with van der Waals surface area (Å²) < 4.78 is 1.13. The van der Waals surface area contributed by atoms with Gasteiger partial charge in [0.1, 0.15) is 18.0 Å². The van der Waals surface area contributed by atoms with E-state index in [1.807, 2.05) is 19.2 Å². The van der Waals surface area contributed by atoms with E-state index < -0.39 is 0 Å². The predicted octanol–water partition coefficient (Wildman–Crippen LogP) is 3.67. The zero-order valence-electron chi connectivity index (χ0n) is 11.9. The van der Waals surface area contributed by atoms with Crippen LogP contribution in [0.2, 0.25) is 0 Å². The highest BCUT2D eigenvalue weighted by molar-refractivity contribution is 9.10. The first-order chi connectivity index (χ1) is 9.53. The smallest absolute Gasteiger partial charge is 0.131 e. The third-order valence-corrected chi connectivity index (χ3v) is 3.93. The molecule has 0 amide bonds. The normalized spacial score (nSPS) is 11.2. The number of nitrogens with zero attached hydrogens (tertiary/aromatic N) is 2. The number of aromatic nitrogens is 2. The Kier molecular flexibility index (Phi) is 4.60. The van der Waals surface area contributed by atoms with Crippen molar-refractivity contribution in [3.05, 3.63) is 46.7 Å². The van der Waals surface area contributed by atoms with Crippen molar-refractivity contribution in [3.8, 4) is 0 Å². The van der Waals surface area contributed by atoms with E-state index in [1.165, 1.54) is 5.56 Å². The number of halogens is 1. The van der Waals surface area contributed by atoms with Gasteiger partial charge in [-0.1, -0.05) is 48.0 Å². The van der Waals surface area contributed by atoms with Gasteiger partial charge in [-0.15, -0.1) is 0 Å². The summed E-state index contributed by atoms with van der Waals surface area (Å²) in [5, 5.41) is 6.38. The Bertz CT molecular complexity index is 584. The SMILES string of the molecule is CNc1cc(NCC(C)(C)c2ccccc2Br)ncn1. The summed E-state index contributed by atoms with van der Waals surface area (Å²) in [4.78, 5) is 8.34. The van der Waals surface area contributed by atoms with Crippen LogP contribution in [0.15, 0.2) is 41.1 Å². The number of rotatable bonds is 5. The Morgan fingerprint density at radius 3 is 2.55 bits per heavy atom. The molecule has 1 aromatic carbocycles. The van der Waals surface area contributed by atoms with Crippen LogP contribution in [0.25, 0.3) is 0 Å². The molecule has 0 atom stereocenters. The Morgan fingerprint density at radius 1 is 1.15 bits per heavy atom. The maximum Gasteiger partial charge on any atom is 0.131 e. The van der Waals surface area contributed by atoms with E-state index in [-0.39, 0.29) is 5.41 Å². The zero-order chi connectivity index (χ0) is 14.6. The highest BCUT2D eigenvalue weighted by Gasteiger charge is 2.22. The lowest BCUT2D eigenvalue weighted by atomic mass is 9.84. The molecule has 0 saturated carbocycles. The predicted molar refractivity (Wildman–Crippen MR) is 87.2 cm³/mol. The number of nitrogens with one attached hydrogen (secondary N) is 2. The third-order valence-electron chi connectivity index (χ3n) is 3.24. The largest absolute Gasteiger partial charge is 0.373 e. The maximum atomic E-state index is 4.23. The molecule has 2 rings (SSSR count). The first-order valence-electron chi connectivity index (χ1n) is 6.51. The number of benzene rings is 1. The molecule has 2 aromatic rings. The Labute approximate surface area is 128 Å². The summed E-state index contributed by atoms with van der Waals surface area (Å²) in [5.41, 5.74) is 1.26. The van der Waals surface area contributed by atoms with Crippen LogP contribution in [0.3, 0.4) is 0 Å². The molecule has 1 aromatic heterocycles. The molecule has 0 saturated heterocycles. The summed E-state index contributed by atoms with van der Waals surface area (Å²) in [6.07, 6.45) is 1.56. The van der Waals surface area contributed by atoms with Crippen LogP contribution in [0.4, 0.5) is 11.6 Å². The monoisotopic (exact) mass is 334 g/mol. The van der Waals surface area contributed by atoms with Gasteiger partial charge in [-0.3, -0.25) is 0 Å². The minimum Gasteiger partial charge on any atom is -0.373 e. The van der Waals surface area contributed by atoms with Gasteiger partial charge in [-0.2, -0.15) is 0 Å². The molecule has 20 heavy (non-hydrogen) atoms. The quantitative estimate of drug-likeness (QED) is 0.875. The van der Waals surface area contributed by atoms with Crippen LogP contribution in [-0.4, -0.2) is 23.6 Å². The second-order valence-electron chi connectivity index (χ2n) is 5.26. The van der Waals surface area contributed by atoms with Gasteiger partial charge in [-0.05, 0) is 11.6 Å². The zero-order valence-corrected chi connectivity index (χ0v) is 13.5. The van der Waals surface area contributed by atoms with Crippen molar-refractivity contribution in [1.29, 1.82) is 0 Å². The van der Waals surface area contributed by atoms with Crippen LogP contribution in [0.5, 0.6) is 0 Å². The fraction of sp³-hybridized carbons (Fsp3) is 0.333. The molecule has 0 aliphatic carbocycles. The van der Waals surface area contributed by atoms with Crippen LogP contribution in [-0.2, 0) is 5.41 Å². The van der Waals surface area contributed by atoms with Crippen molar-refractivity contribution < 1.29 is 0 Å². The van der Waals surface area contributed by atoms with E-state index in [0.29, 0.717) is 0 Å². The molecule has 106 valence electrons. The average Bonchev–Trinajstić information content (AvgIpc) is 2.46. The molecular weight excluding hydrogens is 316 g/mol. The second kappa shape index (κ2) is 6.22. The topological polar surface area (TPSA) is 49.8 Å². The van der Waals surface area contributed by atoms with Crippen molar-refractivity contribution in [2.24, 2.45) is 0 Å². The van der Waals surface area contributed by atoms with Gasteiger partial charge in [0.2, 0.25) is 0 Å². The van der Waals surface area contributed by atoms with E-state index >= 15 is 0 Å². The molecule has 0 aliphatic heterocycles. The highest BCUT2D eigenvalue weighted by atomic mass is 79.9. The number of hydrogen-bond acceptors (Lipinski definition) is 4. The van der Waals surface area contributed by atoms with Crippen molar-refractivity contribution >= 4 is 27.6 Å². The first-order valence-corrected chi connectivity index (χ1v) is 7.31. The van der Waals surface area contributed by atoms with E-state index in [1.54, 1.807) is 6.33 Å². The van der Waals surface area contributed by atoms with E-state index in [2.05, 4.69) is 68.6 Å². The molecule has 0 bridgehead atoms. The van der Waals surface area contributed by atoms with Crippen molar-refractivity contribution in [2.75, 3.05) is 24.2 Å². The van der Waals surface area contributed by atoms with Gasteiger partial charge in [0.15, 0.2) is 0 Å². The summed E-state index contributed by atoms with van der Waals surface area (Å²) in [7, 11) is 1.84. The summed E-state index contributed by atoms with van der Waals surface area (Å²) in [6.45, 7) is 5.20. The van der Waals surface area contributed by atoms with Gasteiger partial charge in [-0.25, -0.2) is 9.97 Å². The molecule has 0 unspecified atom stereocenters. The van der Waals surface area contributed by atoms with Gasteiger partial charge in [0.05, 0.1) is 0 Å². The molecular formula is C15H19BrN4. The molecule has 5 heteroatoms.